The molecule has 1 fully saturated rings. The van der Waals surface area contributed by atoms with Crippen molar-refractivity contribution in [2.45, 2.75) is 31.9 Å². The van der Waals surface area contributed by atoms with Crippen molar-refractivity contribution in [1.82, 2.24) is 10.6 Å². The molecular weight excluding hydrogens is 452 g/mol. The number of ether oxygens (including phenoxy) is 3. The van der Waals surface area contributed by atoms with E-state index in [4.69, 9.17) is 14.2 Å². The van der Waals surface area contributed by atoms with Gasteiger partial charge in [-0.1, -0.05) is 6.07 Å². The van der Waals surface area contributed by atoms with Gasteiger partial charge in [-0.25, -0.2) is 4.39 Å². The SMILES string of the molecule is CN=C(NCCCOCC1CCCO1)NCc1ccc(OC)c(F)c1.I. The topological polar surface area (TPSA) is 64.1 Å². The minimum Gasteiger partial charge on any atom is -0.494 e. The van der Waals surface area contributed by atoms with Gasteiger partial charge in [-0.05, 0) is 37.0 Å². The summed E-state index contributed by atoms with van der Waals surface area (Å²) >= 11 is 0. The van der Waals surface area contributed by atoms with E-state index < -0.39 is 0 Å². The van der Waals surface area contributed by atoms with Crippen LogP contribution in [0.5, 0.6) is 5.75 Å². The molecule has 1 atom stereocenters. The zero-order valence-electron chi connectivity index (χ0n) is 15.4. The average molecular weight is 481 g/mol. The average Bonchev–Trinajstić information content (AvgIpc) is 3.14. The van der Waals surface area contributed by atoms with E-state index in [0.29, 0.717) is 25.7 Å². The van der Waals surface area contributed by atoms with E-state index in [9.17, 15) is 4.39 Å². The highest BCUT2D eigenvalue weighted by Gasteiger charge is 2.14. The first kappa shape index (κ1) is 22.9. The summed E-state index contributed by atoms with van der Waals surface area (Å²) in [6.07, 6.45) is 3.38. The molecule has 2 N–H and O–H groups in total. The van der Waals surface area contributed by atoms with Crippen molar-refractivity contribution in [3.05, 3.63) is 29.6 Å². The number of hydrogen-bond donors (Lipinski definition) is 2. The second kappa shape index (κ2) is 13.1. The van der Waals surface area contributed by atoms with Gasteiger partial charge in [-0.2, -0.15) is 0 Å². The van der Waals surface area contributed by atoms with E-state index in [1.54, 1.807) is 13.1 Å². The Kier molecular flexibility index (Phi) is 11.5. The lowest BCUT2D eigenvalue weighted by atomic mass is 10.2. The highest BCUT2D eigenvalue weighted by molar-refractivity contribution is 14.0. The van der Waals surface area contributed by atoms with Crippen LogP contribution in [0.3, 0.4) is 0 Å². The quantitative estimate of drug-likeness (QED) is 0.246. The van der Waals surface area contributed by atoms with Crippen LogP contribution in [-0.2, 0) is 16.0 Å². The zero-order chi connectivity index (χ0) is 17.9. The molecule has 1 aromatic carbocycles. The van der Waals surface area contributed by atoms with Crippen LogP contribution in [0.25, 0.3) is 0 Å². The van der Waals surface area contributed by atoms with Gasteiger partial charge in [0.25, 0.3) is 0 Å². The molecule has 0 bridgehead atoms. The summed E-state index contributed by atoms with van der Waals surface area (Å²) in [5.74, 6) is 0.553. The number of rotatable bonds is 9. The Morgan fingerprint density at radius 1 is 1.38 bits per heavy atom. The summed E-state index contributed by atoms with van der Waals surface area (Å²) in [4.78, 5) is 4.16. The molecule has 8 heteroatoms. The first-order chi connectivity index (χ1) is 12.2. The molecule has 0 radical (unpaired) electrons. The van der Waals surface area contributed by atoms with E-state index in [1.807, 2.05) is 6.07 Å². The second-order valence-corrected chi connectivity index (χ2v) is 5.88. The summed E-state index contributed by atoms with van der Waals surface area (Å²) in [5, 5.41) is 6.37. The van der Waals surface area contributed by atoms with Crippen molar-refractivity contribution < 1.29 is 18.6 Å². The van der Waals surface area contributed by atoms with E-state index in [2.05, 4.69) is 15.6 Å². The van der Waals surface area contributed by atoms with Crippen LogP contribution in [-0.4, -0.2) is 52.6 Å². The number of benzene rings is 1. The smallest absolute Gasteiger partial charge is 0.191 e. The predicted molar refractivity (Wildman–Crippen MR) is 111 cm³/mol. The molecule has 1 aromatic rings. The summed E-state index contributed by atoms with van der Waals surface area (Å²) in [7, 11) is 3.16. The van der Waals surface area contributed by atoms with Gasteiger partial charge >= 0.3 is 0 Å². The fourth-order valence-electron chi connectivity index (χ4n) is 2.60. The maximum Gasteiger partial charge on any atom is 0.191 e. The molecule has 0 saturated carbocycles. The maximum absolute atomic E-state index is 13.7. The van der Waals surface area contributed by atoms with Gasteiger partial charge in [-0.3, -0.25) is 4.99 Å². The van der Waals surface area contributed by atoms with Crippen molar-refractivity contribution in [2.24, 2.45) is 4.99 Å². The fourth-order valence-corrected chi connectivity index (χ4v) is 2.60. The van der Waals surface area contributed by atoms with Crippen molar-refractivity contribution in [3.8, 4) is 5.75 Å². The Morgan fingerprint density at radius 2 is 2.23 bits per heavy atom. The van der Waals surface area contributed by atoms with E-state index in [-0.39, 0.29) is 41.6 Å². The Balaban J connectivity index is 0.00000338. The number of halogens is 2. The second-order valence-electron chi connectivity index (χ2n) is 5.88. The van der Waals surface area contributed by atoms with Crippen LogP contribution in [0, 0.1) is 5.82 Å². The minimum atomic E-state index is -0.367. The molecule has 1 unspecified atom stereocenters. The van der Waals surface area contributed by atoms with Gasteiger partial charge < -0.3 is 24.8 Å². The molecule has 0 spiro atoms. The molecule has 6 nitrogen and oxygen atoms in total. The first-order valence-corrected chi connectivity index (χ1v) is 8.69. The molecule has 1 heterocycles. The van der Waals surface area contributed by atoms with Crippen molar-refractivity contribution in [3.63, 3.8) is 0 Å². The summed E-state index contributed by atoms with van der Waals surface area (Å²) in [6.45, 7) is 3.46. The van der Waals surface area contributed by atoms with Gasteiger partial charge in [0.15, 0.2) is 17.5 Å². The molecule has 1 aliphatic heterocycles. The van der Waals surface area contributed by atoms with E-state index in [1.165, 1.54) is 13.2 Å². The van der Waals surface area contributed by atoms with Crippen LogP contribution in [0.15, 0.2) is 23.2 Å². The molecule has 0 aliphatic carbocycles. The zero-order valence-corrected chi connectivity index (χ0v) is 17.8. The van der Waals surface area contributed by atoms with Crippen LogP contribution in [0.2, 0.25) is 0 Å². The highest BCUT2D eigenvalue weighted by atomic mass is 127. The van der Waals surface area contributed by atoms with Crippen LogP contribution >= 0.6 is 24.0 Å². The van der Waals surface area contributed by atoms with Crippen molar-refractivity contribution in [2.75, 3.05) is 40.5 Å². The van der Waals surface area contributed by atoms with Gasteiger partial charge in [-0.15, -0.1) is 24.0 Å². The van der Waals surface area contributed by atoms with E-state index in [0.717, 1.165) is 38.0 Å². The van der Waals surface area contributed by atoms with Crippen LogP contribution in [0.1, 0.15) is 24.8 Å². The lowest BCUT2D eigenvalue weighted by molar-refractivity contribution is 0.0168. The van der Waals surface area contributed by atoms with E-state index >= 15 is 0 Å². The van der Waals surface area contributed by atoms with Crippen LogP contribution in [0.4, 0.5) is 4.39 Å². The van der Waals surface area contributed by atoms with Crippen molar-refractivity contribution >= 4 is 29.9 Å². The third-order valence-electron chi connectivity index (χ3n) is 3.99. The third kappa shape index (κ3) is 8.05. The lowest BCUT2D eigenvalue weighted by Crippen LogP contribution is -2.37. The largest absolute Gasteiger partial charge is 0.494 e. The Labute approximate surface area is 171 Å². The highest BCUT2D eigenvalue weighted by Crippen LogP contribution is 2.17. The number of nitrogens with zero attached hydrogens (tertiary/aromatic N) is 1. The molecule has 1 aliphatic rings. The molecule has 1 saturated heterocycles. The monoisotopic (exact) mass is 481 g/mol. The van der Waals surface area contributed by atoms with Crippen molar-refractivity contribution in [1.29, 1.82) is 0 Å². The molecular formula is C18H29FIN3O3. The fraction of sp³-hybridized carbons (Fsp3) is 0.611. The number of methoxy groups -OCH3 is 1. The first-order valence-electron chi connectivity index (χ1n) is 8.69. The standard InChI is InChI=1S/C18H28FN3O3.HI/c1-20-18(21-8-4-9-24-13-15-5-3-10-25-15)22-12-14-6-7-17(23-2)16(19)11-14;/h6-7,11,15H,3-5,8-10,12-13H2,1-2H3,(H2,20,21,22);1H. The third-order valence-corrected chi connectivity index (χ3v) is 3.99. The Bertz CT molecular complexity index is 554. The molecule has 148 valence electrons. The molecule has 26 heavy (non-hydrogen) atoms. The minimum absolute atomic E-state index is 0. The molecule has 2 rings (SSSR count). The Morgan fingerprint density at radius 3 is 2.88 bits per heavy atom. The van der Waals surface area contributed by atoms with Crippen LogP contribution < -0.4 is 15.4 Å². The van der Waals surface area contributed by atoms with Gasteiger partial charge in [0, 0.05) is 33.4 Å². The predicted octanol–water partition coefficient (Wildman–Crippen LogP) is 2.70. The van der Waals surface area contributed by atoms with Gasteiger partial charge in [0.05, 0.1) is 19.8 Å². The lowest BCUT2D eigenvalue weighted by Gasteiger charge is -2.13. The number of nitrogens with one attached hydrogen (secondary N) is 2. The summed E-state index contributed by atoms with van der Waals surface area (Å²) in [6, 6.07) is 4.90. The normalized spacial score (nSPS) is 16.9. The maximum atomic E-state index is 13.7. The number of hydrogen-bond acceptors (Lipinski definition) is 4. The van der Waals surface area contributed by atoms with Gasteiger partial charge in [0.2, 0.25) is 0 Å². The summed E-state index contributed by atoms with van der Waals surface area (Å²) < 4.78 is 29.7. The summed E-state index contributed by atoms with van der Waals surface area (Å²) in [5.41, 5.74) is 0.821. The Hall–Kier alpha value is -1.13. The number of aliphatic imine (C=N–C) groups is 1. The molecule has 0 aromatic heterocycles. The molecule has 0 amide bonds. The van der Waals surface area contributed by atoms with Gasteiger partial charge in [0.1, 0.15) is 0 Å². The number of guanidine groups is 1.